The molecule has 20 heavy (non-hydrogen) atoms. The molecule has 1 aromatic rings. The standard InChI is InChI=1S/C12H11N3O3S2/c1-19-14-10(16)9(7-8-5-3-4-6-13-8)11(17)15(20-2)12(14)18/h3-7H,1-2H3. The lowest BCUT2D eigenvalue weighted by Gasteiger charge is -2.30. The number of amides is 4. The quantitative estimate of drug-likeness (QED) is 0.482. The maximum atomic E-state index is 12.2. The summed E-state index contributed by atoms with van der Waals surface area (Å²) in [5.74, 6) is -1.24. The van der Waals surface area contributed by atoms with Crippen LogP contribution in [0.3, 0.4) is 0 Å². The monoisotopic (exact) mass is 309 g/mol. The Kier molecular flexibility index (Phi) is 4.46. The lowest BCUT2D eigenvalue weighted by atomic mass is 10.1. The predicted molar refractivity (Wildman–Crippen MR) is 78.3 cm³/mol. The van der Waals surface area contributed by atoms with Gasteiger partial charge in [0.05, 0.1) is 5.69 Å². The third kappa shape index (κ3) is 2.56. The Morgan fingerprint density at radius 1 is 1.05 bits per heavy atom. The van der Waals surface area contributed by atoms with Gasteiger partial charge in [-0.05, 0) is 42.1 Å². The van der Waals surface area contributed by atoms with Crippen LogP contribution in [0.25, 0.3) is 6.08 Å². The van der Waals surface area contributed by atoms with Crippen molar-refractivity contribution in [3.05, 3.63) is 35.7 Å². The van der Waals surface area contributed by atoms with Crippen molar-refractivity contribution in [3.8, 4) is 0 Å². The molecule has 0 unspecified atom stereocenters. The first kappa shape index (κ1) is 14.6. The van der Waals surface area contributed by atoms with Crippen molar-refractivity contribution in [2.75, 3.05) is 12.5 Å². The Labute approximate surface area is 124 Å². The summed E-state index contributed by atoms with van der Waals surface area (Å²) in [5, 5.41) is 0. The number of aromatic nitrogens is 1. The summed E-state index contributed by atoms with van der Waals surface area (Å²) >= 11 is 1.93. The number of hydrogen-bond acceptors (Lipinski definition) is 6. The summed E-state index contributed by atoms with van der Waals surface area (Å²) in [6, 6.07) is 4.52. The minimum Gasteiger partial charge on any atom is -0.267 e. The first-order chi connectivity index (χ1) is 9.60. The summed E-state index contributed by atoms with van der Waals surface area (Å²) in [7, 11) is 0. The summed E-state index contributed by atoms with van der Waals surface area (Å²) in [4.78, 5) is 40.3. The molecule has 1 fully saturated rings. The van der Waals surface area contributed by atoms with Gasteiger partial charge in [-0.1, -0.05) is 6.07 Å². The van der Waals surface area contributed by atoms with Crippen LogP contribution in [0.15, 0.2) is 30.0 Å². The van der Waals surface area contributed by atoms with Crippen LogP contribution in [0.5, 0.6) is 0 Å². The van der Waals surface area contributed by atoms with Gasteiger partial charge in [0.2, 0.25) is 0 Å². The minimum absolute atomic E-state index is 0.0769. The smallest absolute Gasteiger partial charge is 0.267 e. The highest BCUT2D eigenvalue weighted by atomic mass is 32.2. The first-order valence-corrected chi connectivity index (χ1v) is 7.90. The Morgan fingerprint density at radius 2 is 1.65 bits per heavy atom. The predicted octanol–water partition coefficient (Wildman–Crippen LogP) is 1.81. The summed E-state index contributed by atoms with van der Waals surface area (Å²) in [6.45, 7) is 0. The van der Waals surface area contributed by atoms with E-state index < -0.39 is 17.8 Å². The Morgan fingerprint density at radius 3 is 2.10 bits per heavy atom. The van der Waals surface area contributed by atoms with E-state index >= 15 is 0 Å². The molecule has 8 heteroatoms. The van der Waals surface area contributed by atoms with Crippen molar-refractivity contribution in [3.63, 3.8) is 0 Å². The van der Waals surface area contributed by atoms with Crippen LogP contribution >= 0.6 is 23.9 Å². The van der Waals surface area contributed by atoms with E-state index in [0.29, 0.717) is 5.69 Å². The van der Waals surface area contributed by atoms with Gasteiger partial charge in [-0.25, -0.2) is 4.79 Å². The molecule has 0 saturated carbocycles. The van der Waals surface area contributed by atoms with E-state index in [0.717, 1.165) is 32.5 Å². The van der Waals surface area contributed by atoms with Gasteiger partial charge in [0.1, 0.15) is 5.57 Å². The highest BCUT2D eigenvalue weighted by Crippen LogP contribution is 2.27. The number of barbiturate groups is 1. The summed E-state index contributed by atoms with van der Waals surface area (Å²) in [5.41, 5.74) is 0.410. The summed E-state index contributed by atoms with van der Waals surface area (Å²) < 4.78 is 1.90. The highest BCUT2D eigenvalue weighted by Gasteiger charge is 2.42. The fraction of sp³-hybridized carbons (Fsp3) is 0.167. The second kappa shape index (κ2) is 6.10. The number of nitrogens with zero attached hydrogens (tertiary/aromatic N) is 3. The largest absolute Gasteiger partial charge is 0.354 e. The van der Waals surface area contributed by atoms with Crippen LogP contribution in [-0.2, 0) is 9.59 Å². The molecule has 0 N–H and O–H groups in total. The van der Waals surface area contributed by atoms with E-state index in [4.69, 9.17) is 0 Å². The highest BCUT2D eigenvalue weighted by molar-refractivity contribution is 7.98. The van der Waals surface area contributed by atoms with E-state index in [1.807, 2.05) is 0 Å². The van der Waals surface area contributed by atoms with Crippen LogP contribution in [0, 0.1) is 0 Å². The fourth-order valence-electron chi connectivity index (χ4n) is 1.62. The van der Waals surface area contributed by atoms with Gasteiger partial charge in [-0.15, -0.1) is 0 Å². The van der Waals surface area contributed by atoms with E-state index in [1.54, 1.807) is 36.9 Å². The van der Waals surface area contributed by atoms with Gasteiger partial charge in [0.15, 0.2) is 0 Å². The van der Waals surface area contributed by atoms with Gasteiger partial charge >= 0.3 is 6.03 Å². The van der Waals surface area contributed by atoms with Crippen molar-refractivity contribution in [1.29, 1.82) is 0 Å². The van der Waals surface area contributed by atoms with E-state index in [2.05, 4.69) is 4.98 Å². The Bertz CT molecular complexity index is 561. The first-order valence-electron chi connectivity index (χ1n) is 5.54. The van der Waals surface area contributed by atoms with E-state index in [9.17, 15) is 14.4 Å². The zero-order chi connectivity index (χ0) is 14.7. The number of hydrogen-bond donors (Lipinski definition) is 0. The third-order valence-corrected chi connectivity index (χ3v) is 3.90. The van der Waals surface area contributed by atoms with Crippen molar-refractivity contribution < 1.29 is 14.4 Å². The molecular formula is C12H11N3O3S2. The van der Waals surface area contributed by atoms with Gasteiger partial charge in [-0.3, -0.25) is 14.6 Å². The molecule has 0 aliphatic carbocycles. The number of carbonyl (C=O) groups is 3. The molecule has 2 rings (SSSR count). The fourth-order valence-corrected chi connectivity index (χ4v) is 2.68. The van der Waals surface area contributed by atoms with Crippen LogP contribution in [0.2, 0.25) is 0 Å². The van der Waals surface area contributed by atoms with E-state index in [1.165, 1.54) is 6.08 Å². The second-order valence-electron chi connectivity index (χ2n) is 3.66. The molecule has 0 atom stereocenters. The van der Waals surface area contributed by atoms with Crippen LogP contribution < -0.4 is 0 Å². The lowest BCUT2D eigenvalue weighted by Crippen LogP contribution is -2.50. The van der Waals surface area contributed by atoms with Gasteiger partial charge in [0.25, 0.3) is 11.8 Å². The molecule has 0 aromatic carbocycles. The Balaban J connectivity index is 2.45. The maximum Gasteiger partial charge on any atom is 0.354 e. The van der Waals surface area contributed by atoms with Crippen LogP contribution in [-0.4, -0.2) is 44.0 Å². The molecule has 0 spiro atoms. The molecular weight excluding hydrogens is 298 g/mol. The zero-order valence-electron chi connectivity index (χ0n) is 10.8. The molecule has 1 saturated heterocycles. The third-order valence-electron chi connectivity index (χ3n) is 2.52. The molecule has 4 amide bonds. The van der Waals surface area contributed by atoms with Gasteiger partial charge in [0, 0.05) is 18.7 Å². The zero-order valence-corrected chi connectivity index (χ0v) is 12.4. The molecule has 1 aromatic heterocycles. The molecule has 2 heterocycles. The molecule has 6 nitrogen and oxygen atoms in total. The van der Waals surface area contributed by atoms with Crippen LogP contribution in [0.4, 0.5) is 4.79 Å². The topological polar surface area (TPSA) is 70.6 Å². The van der Waals surface area contributed by atoms with Crippen molar-refractivity contribution in [1.82, 2.24) is 13.6 Å². The van der Waals surface area contributed by atoms with Gasteiger partial charge in [-0.2, -0.15) is 8.61 Å². The summed E-state index contributed by atoms with van der Waals surface area (Å²) in [6.07, 6.45) is 6.16. The second-order valence-corrected chi connectivity index (χ2v) is 5.12. The van der Waals surface area contributed by atoms with Crippen molar-refractivity contribution in [2.45, 2.75) is 0 Å². The van der Waals surface area contributed by atoms with Crippen LogP contribution in [0.1, 0.15) is 5.69 Å². The SMILES string of the molecule is CSN1C(=O)C(=Cc2ccccn2)C(=O)N(SC)C1=O. The molecule has 1 aliphatic rings. The minimum atomic E-state index is -0.641. The Hall–Kier alpha value is -1.80. The average Bonchev–Trinajstić information content (AvgIpc) is 2.46. The molecule has 0 radical (unpaired) electrons. The number of rotatable bonds is 3. The van der Waals surface area contributed by atoms with Crippen molar-refractivity contribution in [2.24, 2.45) is 0 Å². The van der Waals surface area contributed by atoms with Crippen molar-refractivity contribution >= 4 is 47.8 Å². The number of pyridine rings is 1. The normalized spacial score (nSPS) is 15.9. The lowest BCUT2D eigenvalue weighted by molar-refractivity contribution is -0.129. The van der Waals surface area contributed by atoms with E-state index in [-0.39, 0.29) is 5.57 Å². The molecule has 104 valence electrons. The number of imide groups is 2. The average molecular weight is 309 g/mol. The maximum absolute atomic E-state index is 12.2. The number of carbonyl (C=O) groups excluding carboxylic acids is 3. The number of urea groups is 1. The molecule has 1 aliphatic heterocycles. The molecule has 0 bridgehead atoms. The van der Waals surface area contributed by atoms with Gasteiger partial charge < -0.3 is 0 Å².